The highest BCUT2D eigenvalue weighted by Gasteiger charge is 2.44. The molecule has 0 N–H and O–H groups in total. The third-order valence-electron chi connectivity index (χ3n) is 4.98. The van der Waals surface area contributed by atoms with Crippen molar-refractivity contribution in [2.45, 2.75) is 75.0 Å². The molecule has 1 saturated carbocycles. The fourth-order valence-electron chi connectivity index (χ4n) is 4.30. The molecule has 2 bridgehead atoms. The second-order valence-electron chi connectivity index (χ2n) is 5.76. The molecule has 1 aliphatic carbocycles. The SMILES string of the molecule is C1CCC(C23CCCC(CCC2)P3)C1. The van der Waals surface area contributed by atoms with Gasteiger partial charge in [0, 0.05) is 0 Å². The molecule has 3 fully saturated rings. The number of hydrogen-bond donors (Lipinski definition) is 0. The van der Waals surface area contributed by atoms with Crippen molar-refractivity contribution in [2.24, 2.45) is 5.92 Å². The van der Waals surface area contributed by atoms with E-state index in [2.05, 4.69) is 0 Å². The second-order valence-corrected chi connectivity index (χ2v) is 7.86. The number of rotatable bonds is 1. The van der Waals surface area contributed by atoms with E-state index in [-0.39, 0.29) is 0 Å². The van der Waals surface area contributed by atoms with Crippen LogP contribution in [0.5, 0.6) is 0 Å². The maximum atomic E-state index is 1.60. The Morgan fingerprint density at radius 1 is 0.786 bits per heavy atom. The normalized spacial score (nSPS) is 45.9. The molecule has 1 atom stereocenters. The van der Waals surface area contributed by atoms with E-state index >= 15 is 0 Å². The van der Waals surface area contributed by atoms with Crippen LogP contribution in [0.3, 0.4) is 0 Å². The molecule has 0 radical (unpaired) electrons. The average Bonchev–Trinajstić information content (AvgIpc) is 2.71. The van der Waals surface area contributed by atoms with E-state index in [1.54, 1.807) is 64.2 Å². The summed E-state index contributed by atoms with van der Waals surface area (Å²) in [5, 5.41) is 0.887. The van der Waals surface area contributed by atoms with Gasteiger partial charge < -0.3 is 0 Å². The minimum atomic E-state index is 0.887. The molecule has 14 heavy (non-hydrogen) atoms. The molecular weight excluding hydrogens is 187 g/mol. The van der Waals surface area contributed by atoms with E-state index in [0.717, 1.165) is 16.7 Å². The molecule has 1 heteroatoms. The molecule has 0 amide bonds. The highest BCUT2D eigenvalue weighted by Crippen LogP contribution is 2.60. The largest absolute Gasteiger partial charge is 0.112 e. The Morgan fingerprint density at radius 2 is 1.43 bits per heavy atom. The zero-order valence-corrected chi connectivity index (χ0v) is 10.2. The molecule has 0 nitrogen and oxygen atoms in total. The quantitative estimate of drug-likeness (QED) is 0.565. The minimum absolute atomic E-state index is 0.887. The molecule has 80 valence electrons. The van der Waals surface area contributed by atoms with Gasteiger partial charge in [-0.3, -0.25) is 0 Å². The van der Waals surface area contributed by atoms with Crippen molar-refractivity contribution in [1.29, 1.82) is 0 Å². The van der Waals surface area contributed by atoms with E-state index in [9.17, 15) is 0 Å². The van der Waals surface area contributed by atoms with E-state index in [4.69, 9.17) is 0 Å². The van der Waals surface area contributed by atoms with Gasteiger partial charge in [0.05, 0.1) is 0 Å². The van der Waals surface area contributed by atoms with Crippen LogP contribution in [0.15, 0.2) is 0 Å². The van der Waals surface area contributed by atoms with Gasteiger partial charge in [0.1, 0.15) is 0 Å². The smallest absolute Gasteiger partial charge is 0.00912 e. The van der Waals surface area contributed by atoms with E-state index in [1.807, 2.05) is 0 Å². The van der Waals surface area contributed by atoms with Crippen LogP contribution in [0, 0.1) is 5.92 Å². The van der Waals surface area contributed by atoms with E-state index in [0.29, 0.717) is 0 Å². The van der Waals surface area contributed by atoms with Crippen LogP contribution in [-0.2, 0) is 0 Å². The van der Waals surface area contributed by atoms with Crippen molar-refractivity contribution in [2.75, 3.05) is 0 Å². The van der Waals surface area contributed by atoms with Crippen LogP contribution in [0.2, 0.25) is 0 Å². The zero-order valence-electron chi connectivity index (χ0n) is 9.23. The summed E-state index contributed by atoms with van der Waals surface area (Å²) in [4.78, 5) is 0. The van der Waals surface area contributed by atoms with Gasteiger partial charge in [0.25, 0.3) is 0 Å². The van der Waals surface area contributed by atoms with Gasteiger partial charge in [-0.05, 0) is 55.3 Å². The fraction of sp³-hybridized carbons (Fsp3) is 1.00. The van der Waals surface area contributed by atoms with Gasteiger partial charge >= 0.3 is 0 Å². The molecule has 2 aliphatic heterocycles. The zero-order chi connectivity index (χ0) is 9.43. The Morgan fingerprint density at radius 3 is 2.07 bits per heavy atom. The first-order valence-electron chi connectivity index (χ1n) is 6.67. The highest BCUT2D eigenvalue weighted by atomic mass is 31.1. The molecule has 0 aromatic carbocycles. The second kappa shape index (κ2) is 3.78. The molecule has 2 heterocycles. The van der Waals surface area contributed by atoms with Gasteiger partial charge in [-0.1, -0.05) is 25.7 Å². The first-order valence-corrected chi connectivity index (χ1v) is 7.74. The van der Waals surface area contributed by atoms with Crippen LogP contribution in [0.4, 0.5) is 0 Å². The van der Waals surface area contributed by atoms with Crippen LogP contribution in [0.1, 0.15) is 64.2 Å². The Kier molecular flexibility index (Phi) is 2.60. The molecule has 2 saturated heterocycles. The maximum Gasteiger partial charge on any atom is -0.00912 e. The lowest BCUT2D eigenvalue weighted by Crippen LogP contribution is -2.39. The Labute approximate surface area is 90.0 Å². The highest BCUT2D eigenvalue weighted by molar-refractivity contribution is 7.41. The molecular formula is C13H23P. The third kappa shape index (κ3) is 1.54. The van der Waals surface area contributed by atoms with Crippen molar-refractivity contribution in [3.63, 3.8) is 0 Å². The summed E-state index contributed by atoms with van der Waals surface area (Å²) < 4.78 is 0. The van der Waals surface area contributed by atoms with Crippen molar-refractivity contribution in [3.8, 4) is 0 Å². The summed E-state index contributed by atoms with van der Waals surface area (Å²) in [6.45, 7) is 0. The number of hydrogen-bond acceptors (Lipinski definition) is 0. The predicted molar refractivity (Wildman–Crippen MR) is 64.5 cm³/mol. The molecule has 0 aromatic rings. The molecule has 0 aromatic heterocycles. The summed E-state index contributed by atoms with van der Waals surface area (Å²) >= 11 is 0. The average molecular weight is 210 g/mol. The van der Waals surface area contributed by atoms with Gasteiger partial charge in [0.2, 0.25) is 0 Å². The lowest BCUT2D eigenvalue weighted by molar-refractivity contribution is 0.282. The van der Waals surface area contributed by atoms with Crippen LogP contribution >= 0.6 is 8.58 Å². The third-order valence-corrected chi connectivity index (χ3v) is 7.45. The van der Waals surface area contributed by atoms with Gasteiger partial charge in [-0.15, -0.1) is 8.58 Å². The maximum absolute atomic E-state index is 1.60. The summed E-state index contributed by atoms with van der Waals surface area (Å²) in [5.74, 6) is 1.16. The topological polar surface area (TPSA) is 0 Å². The van der Waals surface area contributed by atoms with Crippen LogP contribution < -0.4 is 0 Å². The van der Waals surface area contributed by atoms with Crippen LogP contribution in [-0.4, -0.2) is 10.8 Å². The fourth-order valence-corrected chi connectivity index (χ4v) is 6.97. The first-order chi connectivity index (χ1) is 6.89. The van der Waals surface area contributed by atoms with Crippen LogP contribution in [0.25, 0.3) is 0 Å². The van der Waals surface area contributed by atoms with E-state index in [1.165, 1.54) is 8.58 Å². The molecule has 3 rings (SSSR count). The monoisotopic (exact) mass is 210 g/mol. The lowest BCUT2D eigenvalue weighted by Gasteiger charge is -2.49. The first kappa shape index (κ1) is 9.64. The summed E-state index contributed by atoms with van der Waals surface area (Å²) in [7, 11) is 1.36. The van der Waals surface area contributed by atoms with Gasteiger partial charge in [-0.25, -0.2) is 0 Å². The molecule has 0 spiro atoms. The minimum Gasteiger partial charge on any atom is -0.112 e. The standard InChI is InChI=1S/C13H23P/c1-2-6-11(5-1)13-9-3-7-12(14-13)8-4-10-13/h11-12,14H,1-10H2. The predicted octanol–water partition coefficient (Wildman–Crippen LogP) is 4.33. The van der Waals surface area contributed by atoms with Crippen molar-refractivity contribution < 1.29 is 0 Å². The summed E-state index contributed by atoms with van der Waals surface area (Å²) in [6.07, 6.45) is 15.7. The Bertz CT molecular complexity index is 195. The number of fused-ring (bicyclic) bond motifs is 2. The summed E-state index contributed by atoms with van der Waals surface area (Å²) in [6, 6.07) is 0. The lowest BCUT2D eigenvalue weighted by atomic mass is 9.79. The van der Waals surface area contributed by atoms with Crippen molar-refractivity contribution >= 4 is 8.58 Å². The van der Waals surface area contributed by atoms with Gasteiger partial charge in [-0.2, -0.15) is 0 Å². The Hall–Kier alpha value is 0.430. The van der Waals surface area contributed by atoms with Crippen molar-refractivity contribution in [1.82, 2.24) is 0 Å². The van der Waals surface area contributed by atoms with Crippen molar-refractivity contribution in [3.05, 3.63) is 0 Å². The summed E-state index contributed by atoms with van der Waals surface area (Å²) in [5.41, 5.74) is 1.16. The molecule has 3 aliphatic rings. The van der Waals surface area contributed by atoms with E-state index < -0.39 is 0 Å². The molecule has 1 unspecified atom stereocenters. The Balaban J connectivity index is 1.78. The van der Waals surface area contributed by atoms with Gasteiger partial charge in [0.15, 0.2) is 0 Å².